The largest absolute Gasteiger partial charge is 0.373 e. The quantitative estimate of drug-likeness (QED) is 0.840. The first-order valence-corrected chi connectivity index (χ1v) is 6.10. The second-order valence-corrected chi connectivity index (χ2v) is 4.97. The van der Waals surface area contributed by atoms with E-state index in [2.05, 4.69) is 23.3 Å². The maximum atomic E-state index is 5.82. The zero-order chi connectivity index (χ0) is 11.0. The van der Waals surface area contributed by atoms with E-state index in [4.69, 9.17) is 4.74 Å². The molecule has 0 aromatic carbocycles. The van der Waals surface area contributed by atoms with Crippen LogP contribution in [0, 0.1) is 6.92 Å². The highest BCUT2D eigenvalue weighted by molar-refractivity contribution is 5.16. The monoisotopic (exact) mass is 218 g/mol. The number of hydrogen-bond donors (Lipinski definition) is 1. The van der Waals surface area contributed by atoms with Gasteiger partial charge in [0, 0.05) is 25.0 Å². The van der Waals surface area contributed by atoms with Gasteiger partial charge in [-0.2, -0.15) is 0 Å². The van der Waals surface area contributed by atoms with Crippen LogP contribution < -0.4 is 5.32 Å². The molecular weight excluding hydrogens is 200 g/mol. The van der Waals surface area contributed by atoms with Crippen LogP contribution in [0.3, 0.4) is 0 Å². The molecule has 3 heterocycles. The van der Waals surface area contributed by atoms with Crippen molar-refractivity contribution in [2.75, 3.05) is 0 Å². The van der Waals surface area contributed by atoms with Crippen molar-refractivity contribution in [1.29, 1.82) is 0 Å². The van der Waals surface area contributed by atoms with Gasteiger partial charge in [0.15, 0.2) is 0 Å². The van der Waals surface area contributed by atoms with Crippen molar-refractivity contribution in [3.63, 3.8) is 0 Å². The van der Waals surface area contributed by atoms with Crippen LogP contribution in [0.15, 0.2) is 18.5 Å². The molecule has 3 nitrogen and oxygen atoms in total. The number of hydrogen-bond acceptors (Lipinski definition) is 3. The van der Waals surface area contributed by atoms with Crippen molar-refractivity contribution in [1.82, 2.24) is 10.3 Å². The van der Waals surface area contributed by atoms with Gasteiger partial charge in [-0.3, -0.25) is 4.98 Å². The molecule has 1 N–H and O–H groups in total. The van der Waals surface area contributed by atoms with Crippen LogP contribution in [0.5, 0.6) is 0 Å². The van der Waals surface area contributed by atoms with E-state index >= 15 is 0 Å². The fourth-order valence-corrected chi connectivity index (χ4v) is 2.82. The number of aryl methyl sites for hydroxylation is 1. The molecule has 0 saturated carbocycles. The molecule has 0 aliphatic carbocycles. The predicted octanol–water partition coefficient (Wildman–Crippen LogP) is 1.80. The molecule has 86 valence electrons. The lowest BCUT2D eigenvalue weighted by Crippen LogP contribution is -2.37. The van der Waals surface area contributed by atoms with Gasteiger partial charge in [-0.1, -0.05) is 6.07 Å². The molecule has 3 unspecified atom stereocenters. The highest BCUT2D eigenvalue weighted by Crippen LogP contribution is 2.34. The van der Waals surface area contributed by atoms with E-state index in [0.717, 1.165) is 6.54 Å². The Morgan fingerprint density at radius 1 is 1.44 bits per heavy atom. The molecule has 0 radical (unpaired) electrons. The molecule has 3 atom stereocenters. The zero-order valence-corrected chi connectivity index (χ0v) is 9.65. The van der Waals surface area contributed by atoms with Crippen molar-refractivity contribution < 1.29 is 4.74 Å². The lowest BCUT2D eigenvalue weighted by molar-refractivity contribution is 0.0973. The number of fused-ring (bicyclic) bond motifs is 2. The third kappa shape index (κ3) is 1.97. The maximum absolute atomic E-state index is 5.82. The molecule has 0 amide bonds. The molecule has 1 aromatic heterocycles. The van der Waals surface area contributed by atoms with Crippen molar-refractivity contribution in [2.24, 2.45) is 0 Å². The number of aromatic nitrogens is 1. The predicted molar refractivity (Wildman–Crippen MR) is 62.1 cm³/mol. The number of rotatable bonds is 3. The summed E-state index contributed by atoms with van der Waals surface area (Å²) in [5.74, 6) is 0. The van der Waals surface area contributed by atoms with E-state index in [1.54, 1.807) is 0 Å². The minimum atomic E-state index is 0.461. The summed E-state index contributed by atoms with van der Waals surface area (Å²) in [4.78, 5) is 4.21. The second kappa shape index (κ2) is 4.15. The Labute approximate surface area is 96.2 Å². The Morgan fingerprint density at radius 2 is 2.38 bits per heavy atom. The van der Waals surface area contributed by atoms with E-state index in [1.165, 1.54) is 30.4 Å². The Balaban J connectivity index is 1.57. The normalized spacial score (nSPS) is 32.2. The fraction of sp³-hybridized carbons (Fsp3) is 0.615. The number of ether oxygens (including phenoxy) is 1. The van der Waals surface area contributed by atoms with E-state index < -0.39 is 0 Å². The van der Waals surface area contributed by atoms with Gasteiger partial charge in [0.25, 0.3) is 0 Å². The Hall–Kier alpha value is -0.930. The van der Waals surface area contributed by atoms with Crippen LogP contribution in [0.4, 0.5) is 0 Å². The topological polar surface area (TPSA) is 34.2 Å². The van der Waals surface area contributed by atoms with Gasteiger partial charge in [-0.25, -0.2) is 0 Å². The molecule has 2 saturated heterocycles. The van der Waals surface area contributed by atoms with Gasteiger partial charge < -0.3 is 10.1 Å². The van der Waals surface area contributed by atoms with Crippen LogP contribution in [0.25, 0.3) is 0 Å². The molecule has 3 heteroatoms. The standard InChI is InChI=1S/C13H18N2O/c1-9-4-10(7-14-6-9)8-15-12-5-11-2-3-13(12)16-11/h4,6-7,11-13,15H,2-3,5,8H2,1H3. The summed E-state index contributed by atoms with van der Waals surface area (Å²) in [6.07, 6.45) is 8.49. The van der Waals surface area contributed by atoms with Crippen molar-refractivity contribution in [3.8, 4) is 0 Å². The van der Waals surface area contributed by atoms with E-state index in [9.17, 15) is 0 Å². The molecular formula is C13H18N2O. The average Bonchev–Trinajstić information content (AvgIpc) is 2.88. The van der Waals surface area contributed by atoms with Crippen LogP contribution in [0.2, 0.25) is 0 Å². The minimum absolute atomic E-state index is 0.461. The summed E-state index contributed by atoms with van der Waals surface area (Å²) in [7, 11) is 0. The van der Waals surface area contributed by atoms with Crippen LogP contribution in [-0.4, -0.2) is 23.2 Å². The zero-order valence-electron chi connectivity index (χ0n) is 9.65. The SMILES string of the molecule is Cc1cncc(CNC2CC3CCC2O3)c1. The Morgan fingerprint density at radius 3 is 3.06 bits per heavy atom. The number of nitrogens with zero attached hydrogens (tertiary/aromatic N) is 1. The molecule has 16 heavy (non-hydrogen) atoms. The first kappa shape index (κ1) is 10.2. The van der Waals surface area contributed by atoms with Crippen LogP contribution >= 0.6 is 0 Å². The lowest BCUT2D eigenvalue weighted by Gasteiger charge is -2.20. The van der Waals surface area contributed by atoms with Gasteiger partial charge >= 0.3 is 0 Å². The third-order valence-corrected chi connectivity index (χ3v) is 3.61. The summed E-state index contributed by atoms with van der Waals surface area (Å²) in [6.45, 7) is 2.99. The summed E-state index contributed by atoms with van der Waals surface area (Å²) < 4.78 is 5.82. The summed E-state index contributed by atoms with van der Waals surface area (Å²) >= 11 is 0. The summed E-state index contributed by atoms with van der Waals surface area (Å²) in [5, 5.41) is 3.59. The highest BCUT2D eigenvalue weighted by Gasteiger charge is 2.40. The maximum Gasteiger partial charge on any atom is 0.0733 e. The van der Waals surface area contributed by atoms with Crippen LogP contribution in [0.1, 0.15) is 30.4 Å². The third-order valence-electron chi connectivity index (χ3n) is 3.61. The molecule has 2 aliphatic heterocycles. The lowest BCUT2D eigenvalue weighted by atomic mass is 9.95. The van der Waals surface area contributed by atoms with E-state index in [1.807, 2.05) is 12.4 Å². The minimum Gasteiger partial charge on any atom is -0.373 e. The van der Waals surface area contributed by atoms with Crippen molar-refractivity contribution in [3.05, 3.63) is 29.6 Å². The first-order chi connectivity index (χ1) is 7.81. The first-order valence-electron chi connectivity index (χ1n) is 6.10. The second-order valence-electron chi connectivity index (χ2n) is 4.97. The number of nitrogens with one attached hydrogen (secondary N) is 1. The summed E-state index contributed by atoms with van der Waals surface area (Å²) in [5.41, 5.74) is 2.49. The van der Waals surface area contributed by atoms with E-state index in [0.29, 0.717) is 18.2 Å². The van der Waals surface area contributed by atoms with Gasteiger partial charge in [0.1, 0.15) is 0 Å². The fourth-order valence-electron chi connectivity index (χ4n) is 2.82. The van der Waals surface area contributed by atoms with Gasteiger partial charge in [-0.05, 0) is 37.3 Å². The average molecular weight is 218 g/mol. The summed E-state index contributed by atoms with van der Waals surface area (Å²) in [6, 6.07) is 2.74. The molecule has 3 rings (SSSR count). The van der Waals surface area contributed by atoms with E-state index in [-0.39, 0.29) is 0 Å². The molecule has 2 fully saturated rings. The molecule has 2 bridgehead atoms. The molecule has 2 aliphatic rings. The van der Waals surface area contributed by atoms with Crippen molar-refractivity contribution >= 4 is 0 Å². The smallest absolute Gasteiger partial charge is 0.0733 e. The Bertz CT molecular complexity index is 380. The van der Waals surface area contributed by atoms with Crippen LogP contribution in [-0.2, 0) is 11.3 Å². The Kier molecular flexibility index (Phi) is 2.65. The van der Waals surface area contributed by atoms with Gasteiger partial charge in [-0.15, -0.1) is 0 Å². The molecule has 1 aromatic rings. The highest BCUT2D eigenvalue weighted by atomic mass is 16.5. The van der Waals surface area contributed by atoms with Gasteiger partial charge in [0.05, 0.1) is 12.2 Å². The van der Waals surface area contributed by atoms with Crippen molar-refractivity contribution in [2.45, 2.75) is 51.0 Å². The number of pyridine rings is 1. The van der Waals surface area contributed by atoms with Gasteiger partial charge in [0.2, 0.25) is 0 Å². The molecule has 0 spiro atoms.